The molecule has 14 rings (SSSR count). The monoisotopic (exact) mass is 1130 g/mol. The van der Waals surface area contributed by atoms with Crippen LogP contribution in [-0.2, 0) is 21.7 Å². The van der Waals surface area contributed by atoms with Gasteiger partial charge in [0.2, 0.25) is 0 Å². The van der Waals surface area contributed by atoms with Gasteiger partial charge in [0.1, 0.15) is 0 Å². The zero-order valence-electron chi connectivity index (χ0n) is 51.8. The topological polar surface area (TPSA) is 11.4 Å². The number of rotatable bonds is 11. The third-order valence-electron chi connectivity index (χ3n) is 18.7. The van der Waals surface area contributed by atoms with Gasteiger partial charge >= 0.3 is 0 Å². The summed E-state index contributed by atoms with van der Waals surface area (Å²) in [5.41, 5.74) is 28.2. The second kappa shape index (κ2) is 21.1. The van der Waals surface area contributed by atoms with E-state index < -0.39 is 0 Å². The molecule has 2 aliphatic rings. The third-order valence-corrected chi connectivity index (χ3v) is 18.7. The van der Waals surface area contributed by atoms with Gasteiger partial charge in [-0.05, 0) is 198 Å². The van der Waals surface area contributed by atoms with Crippen molar-refractivity contribution in [2.75, 3.05) is 9.80 Å². The molecule has 1 heterocycles. The summed E-state index contributed by atoms with van der Waals surface area (Å²) in [6, 6.07) is 92.5. The second-order valence-electron chi connectivity index (χ2n) is 27.1. The van der Waals surface area contributed by atoms with E-state index in [2.05, 4.69) is 357 Å². The van der Waals surface area contributed by atoms with Gasteiger partial charge < -0.3 is 14.4 Å². The molecule has 0 fully saturated rings. The Labute approximate surface area is 514 Å². The first-order valence-corrected chi connectivity index (χ1v) is 30.9. The van der Waals surface area contributed by atoms with Gasteiger partial charge in [0.15, 0.2) is 0 Å². The van der Waals surface area contributed by atoms with E-state index in [1.807, 2.05) is 0 Å². The zero-order valence-corrected chi connectivity index (χ0v) is 51.8. The Bertz CT molecular complexity index is 4380. The van der Waals surface area contributed by atoms with Crippen molar-refractivity contribution in [3.63, 3.8) is 0 Å². The molecule has 12 aromatic rings. The molecule has 0 aliphatic heterocycles. The molecule has 0 N–H and O–H groups in total. The van der Waals surface area contributed by atoms with E-state index >= 15 is 0 Å². The van der Waals surface area contributed by atoms with Crippen molar-refractivity contribution < 1.29 is 0 Å². The standard InChI is InChI=1S/C84H75N3/c1-81(2,3)60-34-38-65(39-35-60)85(62-20-14-11-15-21-62)67-42-46-71-69-44-30-58(52-75(69)83(7,8)77(71)54-67)28-26-56-32-48-79-73(50-56)74-51-57(33-49-80(74)87(79)64-24-18-13-19-25-64)27-29-59-31-45-70-72-47-43-68(55-78(72)84(9,10)76(70)53-59)86(63-22-16-12-17-23-63)66-40-36-61(37-41-66)82(4,5)6/h11-55H,1-10H3/b28-26+,29-27+. The van der Waals surface area contributed by atoms with Crippen molar-refractivity contribution >= 4 is 80.2 Å². The van der Waals surface area contributed by atoms with Crippen LogP contribution in [0.3, 0.4) is 0 Å². The van der Waals surface area contributed by atoms with Crippen LogP contribution in [0.1, 0.15) is 125 Å². The molecule has 3 heteroatoms. The molecule has 0 spiro atoms. The van der Waals surface area contributed by atoms with E-state index in [4.69, 9.17) is 0 Å². The number of hydrogen-bond donors (Lipinski definition) is 0. The predicted octanol–water partition coefficient (Wildman–Crippen LogP) is 23.3. The number of anilines is 6. The minimum atomic E-state index is -0.201. The molecule has 1 aromatic heterocycles. The van der Waals surface area contributed by atoms with Crippen molar-refractivity contribution in [3.05, 3.63) is 304 Å². The van der Waals surface area contributed by atoms with Gasteiger partial charge in [0, 0.05) is 61.4 Å². The van der Waals surface area contributed by atoms with Crippen LogP contribution in [0.5, 0.6) is 0 Å². The number of nitrogens with zero attached hydrogens (tertiary/aromatic N) is 3. The number of benzene rings is 11. The van der Waals surface area contributed by atoms with E-state index in [0.717, 1.165) is 50.9 Å². The third kappa shape index (κ3) is 9.90. The van der Waals surface area contributed by atoms with Gasteiger partial charge in [-0.25, -0.2) is 0 Å². The quantitative estimate of drug-likeness (QED) is 0.120. The zero-order chi connectivity index (χ0) is 60.0. The lowest BCUT2D eigenvalue weighted by atomic mass is 9.81. The summed E-state index contributed by atoms with van der Waals surface area (Å²) >= 11 is 0. The highest BCUT2D eigenvalue weighted by Crippen LogP contribution is 2.53. The summed E-state index contributed by atoms with van der Waals surface area (Å²) in [5, 5.41) is 2.46. The lowest BCUT2D eigenvalue weighted by molar-refractivity contribution is 0.590. The second-order valence-corrected chi connectivity index (χ2v) is 27.1. The average Bonchev–Trinajstić information content (AvgIpc) is 1.67. The molecular weight excluding hydrogens is 1050 g/mol. The summed E-state index contributed by atoms with van der Waals surface area (Å²) in [6.07, 6.45) is 9.14. The van der Waals surface area contributed by atoms with Crippen LogP contribution in [0.25, 0.3) is 74.1 Å². The number of fused-ring (bicyclic) bond motifs is 9. The maximum atomic E-state index is 2.42. The normalized spacial score (nSPS) is 14.0. The van der Waals surface area contributed by atoms with Crippen LogP contribution >= 0.6 is 0 Å². The summed E-state index contributed by atoms with van der Waals surface area (Å²) in [6.45, 7) is 23.2. The van der Waals surface area contributed by atoms with E-state index in [0.29, 0.717) is 0 Å². The lowest BCUT2D eigenvalue weighted by Gasteiger charge is -2.29. The van der Waals surface area contributed by atoms with Crippen LogP contribution < -0.4 is 9.80 Å². The van der Waals surface area contributed by atoms with E-state index in [1.54, 1.807) is 0 Å². The maximum Gasteiger partial charge on any atom is 0.0541 e. The number of hydrogen-bond acceptors (Lipinski definition) is 2. The SMILES string of the molecule is CC(C)(C)c1ccc(N(c2ccccc2)c2ccc3c(c2)C(C)(C)c2cc(/C=C/c4ccc5c(c4)c4cc(/C=C/c6ccc7c(c6)C(C)(C)c6cc(N(c8ccccc8)c8ccc(C(C)(C)C)cc8)ccc6-7)ccc4n5-c4ccccc4)ccc2-3)cc1. The fraction of sp³-hybridized carbons (Fsp3) is 0.167. The van der Waals surface area contributed by atoms with E-state index in [1.165, 1.54) is 88.6 Å². The molecule has 87 heavy (non-hydrogen) atoms. The van der Waals surface area contributed by atoms with Gasteiger partial charge in [-0.15, -0.1) is 0 Å². The smallest absolute Gasteiger partial charge is 0.0541 e. The van der Waals surface area contributed by atoms with Gasteiger partial charge in [0.25, 0.3) is 0 Å². The van der Waals surface area contributed by atoms with Gasteiger partial charge in [-0.1, -0.05) is 233 Å². The van der Waals surface area contributed by atoms with Gasteiger partial charge in [-0.3, -0.25) is 0 Å². The molecule has 426 valence electrons. The predicted molar refractivity (Wildman–Crippen MR) is 373 cm³/mol. The van der Waals surface area contributed by atoms with Crippen LogP contribution in [-0.4, -0.2) is 4.57 Å². The molecule has 0 unspecified atom stereocenters. The first-order valence-electron chi connectivity index (χ1n) is 30.9. The minimum absolute atomic E-state index is 0.0793. The molecule has 3 nitrogen and oxygen atoms in total. The molecule has 0 atom stereocenters. The lowest BCUT2D eigenvalue weighted by Crippen LogP contribution is -2.17. The first-order chi connectivity index (χ1) is 41.9. The Kier molecular flexibility index (Phi) is 13.4. The highest BCUT2D eigenvalue weighted by Gasteiger charge is 2.38. The Morgan fingerprint density at radius 1 is 0.299 bits per heavy atom. The molecule has 2 aliphatic carbocycles. The van der Waals surface area contributed by atoms with E-state index in [-0.39, 0.29) is 21.7 Å². The molecule has 0 radical (unpaired) electrons. The van der Waals surface area contributed by atoms with Crippen LogP contribution in [0.15, 0.2) is 249 Å². The summed E-state index contributed by atoms with van der Waals surface area (Å²) in [5.74, 6) is 0. The Morgan fingerprint density at radius 3 is 0.966 bits per heavy atom. The minimum Gasteiger partial charge on any atom is -0.310 e. The molecule has 11 aromatic carbocycles. The number of para-hydroxylation sites is 3. The highest BCUT2D eigenvalue weighted by molar-refractivity contribution is 6.11. The van der Waals surface area contributed by atoms with Gasteiger partial charge in [0.05, 0.1) is 11.0 Å². The highest BCUT2D eigenvalue weighted by atomic mass is 15.1. The summed E-state index contributed by atoms with van der Waals surface area (Å²) in [4.78, 5) is 4.78. The molecule has 0 amide bonds. The Balaban J connectivity index is 0.752. The maximum absolute atomic E-state index is 2.42. The fourth-order valence-electron chi connectivity index (χ4n) is 13.7. The Hall–Kier alpha value is -9.70. The summed E-state index contributed by atoms with van der Waals surface area (Å²) < 4.78 is 2.41. The number of aromatic nitrogens is 1. The van der Waals surface area contributed by atoms with Crippen molar-refractivity contribution in [2.45, 2.75) is 90.9 Å². The van der Waals surface area contributed by atoms with Crippen molar-refractivity contribution in [1.29, 1.82) is 0 Å². The molecule has 0 bridgehead atoms. The summed E-state index contributed by atoms with van der Waals surface area (Å²) in [7, 11) is 0. The van der Waals surface area contributed by atoms with Crippen molar-refractivity contribution in [3.8, 4) is 27.9 Å². The van der Waals surface area contributed by atoms with Crippen LogP contribution in [0, 0.1) is 0 Å². The first kappa shape index (κ1) is 55.2. The average molecular weight is 1130 g/mol. The fourth-order valence-corrected chi connectivity index (χ4v) is 13.7. The van der Waals surface area contributed by atoms with Crippen LogP contribution in [0.2, 0.25) is 0 Å². The van der Waals surface area contributed by atoms with Crippen molar-refractivity contribution in [2.24, 2.45) is 0 Å². The molecule has 0 saturated heterocycles. The Morgan fingerprint density at radius 2 is 0.598 bits per heavy atom. The largest absolute Gasteiger partial charge is 0.310 e. The molecule has 0 saturated carbocycles. The van der Waals surface area contributed by atoms with Crippen molar-refractivity contribution in [1.82, 2.24) is 4.57 Å². The molecular formula is C84H75N3. The van der Waals surface area contributed by atoms with Crippen LogP contribution in [0.4, 0.5) is 34.1 Å². The van der Waals surface area contributed by atoms with E-state index in [9.17, 15) is 0 Å². The van der Waals surface area contributed by atoms with Gasteiger partial charge in [-0.2, -0.15) is 0 Å².